The normalized spacial score (nSPS) is 30.0. The van der Waals surface area contributed by atoms with Crippen molar-refractivity contribution in [2.75, 3.05) is 26.2 Å². The highest BCUT2D eigenvalue weighted by molar-refractivity contribution is 5.73. The lowest BCUT2D eigenvalue weighted by Gasteiger charge is -2.40. The third-order valence-electron chi connectivity index (χ3n) is 5.86. The van der Waals surface area contributed by atoms with Crippen molar-refractivity contribution in [3.05, 3.63) is 0 Å². The quantitative estimate of drug-likeness (QED) is 0.545. The van der Waals surface area contributed by atoms with Gasteiger partial charge in [-0.2, -0.15) is 0 Å². The standard InChI is InChI=1S/C19H38N4O/c1-3-21-14-18(20)9-7-8-17(12-18)13-22-15-19(23-16(2)24)10-5-4-6-11-19/h17,21-22H,3-15,20H2,1-2H3,(H,23,24). The number of carbonyl (C=O) groups is 1. The molecule has 0 spiro atoms. The van der Waals surface area contributed by atoms with Gasteiger partial charge in [-0.15, -0.1) is 0 Å². The van der Waals surface area contributed by atoms with E-state index in [2.05, 4.69) is 22.9 Å². The highest BCUT2D eigenvalue weighted by atomic mass is 16.1. The number of amides is 1. The van der Waals surface area contributed by atoms with Crippen molar-refractivity contribution >= 4 is 5.91 Å². The average molecular weight is 339 g/mol. The second-order valence-electron chi connectivity index (χ2n) is 8.26. The van der Waals surface area contributed by atoms with Crippen LogP contribution in [0.4, 0.5) is 0 Å². The summed E-state index contributed by atoms with van der Waals surface area (Å²) in [4.78, 5) is 11.6. The molecule has 2 atom stereocenters. The Morgan fingerprint density at radius 3 is 2.50 bits per heavy atom. The third-order valence-corrected chi connectivity index (χ3v) is 5.86. The minimum absolute atomic E-state index is 0.0255. The molecule has 5 nitrogen and oxygen atoms in total. The van der Waals surface area contributed by atoms with Gasteiger partial charge in [-0.3, -0.25) is 4.79 Å². The fourth-order valence-corrected chi connectivity index (χ4v) is 4.69. The Bertz CT molecular complexity index is 395. The molecule has 2 saturated carbocycles. The van der Waals surface area contributed by atoms with E-state index in [1.165, 1.54) is 32.1 Å². The van der Waals surface area contributed by atoms with Gasteiger partial charge in [0.1, 0.15) is 0 Å². The first-order valence-electron chi connectivity index (χ1n) is 9.96. The lowest BCUT2D eigenvalue weighted by Crippen LogP contribution is -2.56. The van der Waals surface area contributed by atoms with Crippen molar-refractivity contribution in [2.45, 2.75) is 82.7 Å². The summed E-state index contributed by atoms with van der Waals surface area (Å²) in [6.45, 7) is 7.61. The monoisotopic (exact) mass is 338 g/mol. The second kappa shape index (κ2) is 9.16. The van der Waals surface area contributed by atoms with Crippen molar-refractivity contribution in [1.82, 2.24) is 16.0 Å². The highest BCUT2D eigenvalue weighted by Crippen LogP contribution is 2.31. The lowest BCUT2D eigenvalue weighted by molar-refractivity contribution is -0.121. The molecular formula is C19H38N4O. The van der Waals surface area contributed by atoms with Crippen LogP contribution in [-0.4, -0.2) is 43.2 Å². The summed E-state index contributed by atoms with van der Waals surface area (Å²) in [7, 11) is 0. The van der Waals surface area contributed by atoms with Crippen molar-refractivity contribution < 1.29 is 4.79 Å². The Kier molecular flexibility index (Phi) is 7.51. The minimum Gasteiger partial charge on any atom is -0.350 e. The zero-order valence-corrected chi connectivity index (χ0v) is 15.8. The molecule has 2 aliphatic carbocycles. The number of rotatable bonds is 8. The summed E-state index contributed by atoms with van der Waals surface area (Å²) in [6.07, 6.45) is 10.7. The number of likely N-dealkylation sites (N-methyl/N-ethyl adjacent to an activating group) is 1. The van der Waals surface area contributed by atoms with E-state index >= 15 is 0 Å². The zero-order valence-electron chi connectivity index (χ0n) is 15.8. The van der Waals surface area contributed by atoms with E-state index in [0.717, 1.165) is 51.9 Å². The summed E-state index contributed by atoms with van der Waals surface area (Å²) >= 11 is 0. The first-order valence-corrected chi connectivity index (χ1v) is 9.96. The largest absolute Gasteiger partial charge is 0.350 e. The van der Waals surface area contributed by atoms with Crippen LogP contribution in [0.1, 0.15) is 71.6 Å². The summed E-state index contributed by atoms with van der Waals surface area (Å²) in [6, 6.07) is 0. The lowest BCUT2D eigenvalue weighted by atomic mass is 9.76. The number of nitrogens with two attached hydrogens (primary N) is 1. The van der Waals surface area contributed by atoms with Crippen LogP contribution >= 0.6 is 0 Å². The molecule has 24 heavy (non-hydrogen) atoms. The van der Waals surface area contributed by atoms with Gasteiger partial charge in [0.2, 0.25) is 5.91 Å². The zero-order chi connectivity index (χ0) is 17.5. The van der Waals surface area contributed by atoms with Gasteiger partial charge in [-0.25, -0.2) is 0 Å². The van der Waals surface area contributed by atoms with Crippen LogP contribution in [0.5, 0.6) is 0 Å². The van der Waals surface area contributed by atoms with Crippen molar-refractivity contribution in [3.63, 3.8) is 0 Å². The predicted octanol–water partition coefficient (Wildman–Crippen LogP) is 1.91. The van der Waals surface area contributed by atoms with Gasteiger partial charge < -0.3 is 21.7 Å². The molecule has 0 aliphatic heterocycles. The molecule has 2 rings (SSSR count). The maximum atomic E-state index is 11.6. The van der Waals surface area contributed by atoms with Gasteiger partial charge in [0, 0.05) is 25.6 Å². The van der Waals surface area contributed by atoms with Crippen molar-refractivity contribution in [2.24, 2.45) is 11.7 Å². The van der Waals surface area contributed by atoms with Crippen LogP contribution in [0.15, 0.2) is 0 Å². The fourth-order valence-electron chi connectivity index (χ4n) is 4.69. The topological polar surface area (TPSA) is 79.2 Å². The smallest absolute Gasteiger partial charge is 0.217 e. The van der Waals surface area contributed by atoms with E-state index in [1.807, 2.05) is 0 Å². The van der Waals surface area contributed by atoms with Gasteiger partial charge in [-0.05, 0) is 51.1 Å². The summed E-state index contributed by atoms with van der Waals surface area (Å²) in [5.41, 5.74) is 6.53. The Labute approximate surface area is 147 Å². The van der Waals surface area contributed by atoms with Crippen LogP contribution in [0, 0.1) is 5.92 Å². The molecule has 140 valence electrons. The molecule has 2 aliphatic rings. The molecule has 0 saturated heterocycles. The molecule has 0 aromatic heterocycles. The van der Waals surface area contributed by atoms with Gasteiger partial charge in [0.25, 0.3) is 0 Å². The molecule has 0 bridgehead atoms. The molecule has 0 aromatic carbocycles. The number of hydrogen-bond donors (Lipinski definition) is 4. The van der Waals surface area contributed by atoms with Gasteiger partial charge in [0.15, 0.2) is 0 Å². The Morgan fingerprint density at radius 1 is 1.08 bits per heavy atom. The van der Waals surface area contributed by atoms with E-state index < -0.39 is 0 Å². The molecule has 0 aromatic rings. The van der Waals surface area contributed by atoms with E-state index in [1.54, 1.807) is 6.92 Å². The van der Waals surface area contributed by atoms with Gasteiger partial charge in [0.05, 0.1) is 5.54 Å². The number of carbonyl (C=O) groups excluding carboxylic acids is 1. The Balaban J connectivity index is 1.80. The molecule has 0 radical (unpaired) electrons. The third kappa shape index (κ3) is 6.01. The van der Waals surface area contributed by atoms with Crippen molar-refractivity contribution in [1.29, 1.82) is 0 Å². The summed E-state index contributed by atoms with van der Waals surface area (Å²) in [5.74, 6) is 0.753. The maximum absolute atomic E-state index is 11.6. The second-order valence-corrected chi connectivity index (χ2v) is 8.26. The first kappa shape index (κ1) is 19.7. The first-order chi connectivity index (χ1) is 11.5. The van der Waals surface area contributed by atoms with E-state index in [-0.39, 0.29) is 17.0 Å². The fraction of sp³-hybridized carbons (Fsp3) is 0.947. The molecule has 5 heteroatoms. The molecule has 0 heterocycles. The molecule has 5 N–H and O–H groups in total. The number of nitrogens with one attached hydrogen (secondary N) is 3. The van der Waals surface area contributed by atoms with Crippen LogP contribution in [-0.2, 0) is 4.79 Å². The number of hydrogen-bond acceptors (Lipinski definition) is 4. The minimum atomic E-state index is -0.0409. The Morgan fingerprint density at radius 2 is 1.83 bits per heavy atom. The van der Waals surface area contributed by atoms with E-state index in [0.29, 0.717) is 5.92 Å². The predicted molar refractivity (Wildman–Crippen MR) is 99.9 cm³/mol. The molecule has 1 amide bonds. The summed E-state index contributed by atoms with van der Waals surface area (Å²) < 4.78 is 0. The van der Waals surface area contributed by atoms with E-state index in [9.17, 15) is 4.79 Å². The van der Waals surface area contributed by atoms with Crippen LogP contribution in [0.2, 0.25) is 0 Å². The molecular weight excluding hydrogens is 300 g/mol. The van der Waals surface area contributed by atoms with Gasteiger partial charge in [-0.1, -0.05) is 32.6 Å². The van der Waals surface area contributed by atoms with Gasteiger partial charge >= 0.3 is 0 Å². The van der Waals surface area contributed by atoms with Crippen LogP contribution < -0.4 is 21.7 Å². The SMILES string of the molecule is CCNCC1(N)CCCC(CNCC2(NC(C)=O)CCCCC2)C1. The average Bonchev–Trinajstić information content (AvgIpc) is 2.53. The maximum Gasteiger partial charge on any atom is 0.217 e. The van der Waals surface area contributed by atoms with Crippen LogP contribution in [0.3, 0.4) is 0 Å². The highest BCUT2D eigenvalue weighted by Gasteiger charge is 2.34. The van der Waals surface area contributed by atoms with Crippen LogP contribution in [0.25, 0.3) is 0 Å². The van der Waals surface area contributed by atoms with Crippen molar-refractivity contribution in [3.8, 4) is 0 Å². The molecule has 2 fully saturated rings. The molecule has 2 unspecified atom stereocenters. The van der Waals surface area contributed by atoms with E-state index in [4.69, 9.17) is 5.73 Å². The summed E-state index contributed by atoms with van der Waals surface area (Å²) in [5, 5.41) is 10.3. The Hall–Kier alpha value is -0.650.